The quantitative estimate of drug-likeness (QED) is 0.809. The number of hydrogen-bond donors (Lipinski definition) is 1. The van der Waals surface area contributed by atoms with Gasteiger partial charge in [-0.15, -0.1) is 0 Å². The van der Waals surface area contributed by atoms with Gasteiger partial charge < -0.3 is 15.0 Å². The minimum atomic E-state index is 0.232. The molecular formula is C16H24N2O2. The van der Waals surface area contributed by atoms with E-state index in [4.69, 9.17) is 4.74 Å². The molecule has 1 amide bonds. The summed E-state index contributed by atoms with van der Waals surface area (Å²) in [5.74, 6) is 1.17. The number of hydrogen-bond acceptors (Lipinski definition) is 3. The van der Waals surface area contributed by atoms with E-state index >= 15 is 0 Å². The number of ether oxygens (including phenoxy) is 1. The number of nitrogens with zero attached hydrogens (tertiary/aromatic N) is 1. The molecule has 110 valence electrons. The molecule has 4 heteroatoms. The van der Waals surface area contributed by atoms with Gasteiger partial charge in [0.25, 0.3) is 0 Å². The molecular weight excluding hydrogens is 252 g/mol. The fraction of sp³-hybridized carbons (Fsp3) is 0.562. The lowest BCUT2D eigenvalue weighted by molar-refractivity contribution is -0.132. The van der Waals surface area contributed by atoms with E-state index in [2.05, 4.69) is 12.2 Å². The van der Waals surface area contributed by atoms with Gasteiger partial charge in [-0.25, -0.2) is 0 Å². The van der Waals surface area contributed by atoms with Gasteiger partial charge in [0.1, 0.15) is 11.9 Å². The fourth-order valence-electron chi connectivity index (χ4n) is 2.44. The Hall–Kier alpha value is -1.55. The van der Waals surface area contributed by atoms with E-state index in [0.717, 1.165) is 44.8 Å². The van der Waals surface area contributed by atoms with E-state index in [1.807, 2.05) is 35.2 Å². The molecule has 1 aromatic carbocycles. The van der Waals surface area contributed by atoms with Crippen LogP contribution in [0.5, 0.6) is 5.75 Å². The Labute approximate surface area is 121 Å². The van der Waals surface area contributed by atoms with Crippen molar-refractivity contribution in [3.63, 3.8) is 0 Å². The summed E-state index contributed by atoms with van der Waals surface area (Å²) in [5, 5.41) is 3.19. The van der Waals surface area contributed by atoms with Crippen LogP contribution in [0.1, 0.15) is 26.2 Å². The highest BCUT2D eigenvalue weighted by molar-refractivity contribution is 5.76. The van der Waals surface area contributed by atoms with Crippen LogP contribution in [0, 0.1) is 0 Å². The molecule has 0 bridgehead atoms. The van der Waals surface area contributed by atoms with Crippen LogP contribution in [0.15, 0.2) is 30.3 Å². The highest BCUT2D eigenvalue weighted by atomic mass is 16.5. The van der Waals surface area contributed by atoms with Gasteiger partial charge in [-0.05, 0) is 18.7 Å². The van der Waals surface area contributed by atoms with E-state index in [0.29, 0.717) is 6.42 Å². The molecule has 1 aromatic rings. The summed E-state index contributed by atoms with van der Waals surface area (Å²) in [7, 11) is 0. The highest BCUT2D eigenvalue weighted by Gasteiger charge is 2.23. The van der Waals surface area contributed by atoms with Crippen LogP contribution in [-0.2, 0) is 4.79 Å². The first-order valence-electron chi connectivity index (χ1n) is 7.49. The molecule has 1 aliphatic rings. The third-order valence-electron chi connectivity index (χ3n) is 3.61. The lowest BCUT2D eigenvalue weighted by Crippen LogP contribution is -2.42. The number of carbonyl (C=O) groups is 1. The van der Waals surface area contributed by atoms with Crippen LogP contribution in [0.3, 0.4) is 0 Å². The highest BCUT2D eigenvalue weighted by Crippen LogP contribution is 2.18. The van der Waals surface area contributed by atoms with Crippen LogP contribution in [0.2, 0.25) is 0 Å². The molecule has 0 spiro atoms. The summed E-state index contributed by atoms with van der Waals surface area (Å²) in [6, 6.07) is 9.91. The molecule has 0 atom stereocenters. The summed E-state index contributed by atoms with van der Waals surface area (Å²) < 4.78 is 5.93. The maximum Gasteiger partial charge on any atom is 0.223 e. The molecule has 1 saturated heterocycles. The Bertz CT molecular complexity index is 400. The molecule has 0 aromatic heterocycles. The zero-order valence-corrected chi connectivity index (χ0v) is 12.2. The van der Waals surface area contributed by atoms with Crippen molar-refractivity contribution >= 4 is 5.91 Å². The summed E-state index contributed by atoms with van der Waals surface area (Å²) >= 11 is 0. The van der Waals surface area contributed by atoms with E-state index in [1.54, 1.807) is 0 Å². The Kier molecular flexibility index (Phi) is 5.87. The Balaban J connectivity index is 1.71. The molecule has 1 N–H and O–H groups in total. The number of amides is 1. The maximum atomic E-state index is 12.0. The van der Waals surface area contributed by atoms with Gasteiger partial charge in [0.15, 0.2) is 0 Å². The summed E-state index contributed by atoms with van der Waals surface area (Å²) in [6.45, 7) is 5.36. The molecule has 1 aliphatic heterocycles. The van der Waals surface area contributed by atoms with Gasteiger partial charge in [0.05, 0.1) is 0 Å². The molecule has 20 heavy (non-hydrogen) atoms. The summed E-state index contributed by atoms with van der Waals surface area (Å²) in [4.78, 5) is 13.9. The van der Waals surface area contributed by atoms with Gasteiger partial charge in [-0.3, -0.25) is 4.79 Å². The van der Waals surface area contributed by atoms with Crippen LogP contribution in [0.4, 0.5) is 0 Å². The monoisotopic (exact) mass is 276 g/mol. The first-order chi connectivity index (χ1) is 9.79. The normalized spacial score (nSPS) is 16.1. The van der Waals surface area contributed by atoms with Gasteiger partial charge in [0, 0.05) is 38.9 Å². The van der Waals surface area contributed by atoms with Crippen molar-refractivity contribution in [1.29, 1.82) is 0 Å². The van der Waals surface area contributed by atoms with Crippen molar-refractivity contribution in [3.05, 3.63) is 30.3 Å². The minimum absolute atomic E-state index is 0.232. The molecule has 0 aliphatic carbocycles. The van der Waals surface area contributed by atoms with E-state index in [9.17, 15) is 4.79 Å². The van der Waals surface area contributed by atoms with Crippen LogP contribution in [0.25, 0.3) is 0 Å². The standard InChI is InChI=1S/C16H24N2O2/c1-2-17-11-8-16(19)18-12-9-15(10-13-18)20-14-6-4-3-5-7-14/h3-7,15,17H,2,8-13H2,1H3. The molecule has 0 unspecified atom stereocenters. The first kappa shape index (κ1) is 14.9. The lowest BCUT2D eigenvalue weighted by Gasteiger charge is -2.32. The smallest absolute Gasteiger partial charge is 0.223 e. The number of rotatable bonds is 6. The van der Waals surface area contributed by atoms with Gasteiger partial charge in [-0.1, -0.05) is 25.1 Å². The number of benzene rings is 1. The van der Waals surface area contributed by atoms with E-state index in [-0.39, 0.29) is 12.0 Å². The number of likely N-dealkylation sites (tertiary alicyclic amines) is 1. The number of para-hydroxylation sites is 1. The molecule has 1 fully saturated rings. The third-order valence-corrected chi connectivity index (χ3v) is 3.61. The molecule has 0 saturated carbocycles. The van der Waals surface area contributed by atoms with Crippen molar-refractivity contribution < 1.29 is 9.53 Å². The largest absolute Gasteiger partial charge is 0.490 e. The third kappa shape index (κ3) is 4.53. The van der Waals surface area contributed by atoms with Crippen LogP contribution < -0.4 is 10.1 Å². The van der Waals surface area contributed by atoms with Crippen molar-refractivity contribution in [2.45, 2.75) is 32.3 Å². The summed E-state index contributed by atoms with van der Waals surface area (Å²) in [5.41, 5.74) is 0. The molecule has 0 radical (unpaired) electrons. The summed E-state index contributed by atoms with van der Waals surface area (Å²) in [6.07, 6.45) is 2.66. The van der Waals surface area contributed by atoms with Gasteiger partial charge >= 0.3 is 0 Å². The average Bonchev–Trinajstić information content (AvgIpc) is 2.49. The zero-order chi connectivity index (χ0) is 14.2. The number of carbonyl (C=O) groups excluding carboxylic acids is 1. The van der Waals surface area contributed by atoms with Gasteiger partial charge in [-0.2, -0.15) is 0 Å². The van der Waals surface area contributed by atoms with Crippen molar-refractivity contribution in [3.8, 4) is 5.75 Å². The first-order valence-corrected chi connectivity index (χ1v) is 7.49. The predicted molar refractivity (Wildman–Crippen MR) is 79.8 cm³/mol. The SMILES string of the molecule is CCNCCC(=O)N1CCC(Oc2ccccc2)CC1. The zero-order valence-electron chi connectivity index (χ0n) is 12.2. The second-order valence-corrected chi connectivity index (χ2v) is 5.11. The molecule has 2 rings (SSSR count). The minimum Gasteiger partial charge on any atom is -0.490 e. The lowest BCUT2D eigenvalue weighted by atomic mass is 10.1. The van der Waals surface area contributed by atoms with Crippen LogP contribution >= 0.6 is 0 Å². The topological polar surface area (TPSA) is 41.6 Å². The van der Waals surface area contributed by atoms with Gasteiger partial charge in [0.2, 0.25) is 5.91 Å². The number of piperidine rings is 1. The predicted octanol–water partition coefficient (Wildman–Crippen LogP) is 2.06. The van der Waals surface area contributed by atoms with E-state index in [1.165, 1.54) is 0 Å². The van der Waals surface area contributed by atoms with Crippen molar-refractivity contribution in [1.82, 2.24) is 10.2 Å². The Morgan fingerprint density at radius 1 is 1.30 bits per heavy atom. The Morgan fingerprint density at radius 2 is 2.00 bits per heavy atom. The van der Waals surface area contributed by atoms with E-state index < -0.39 is 0 Å². The fourth-order valence-corrected chi connectivity index (χ4v) is 2.44. The second kappa shape index (κ2) is 7.90. The number of nitrogens with one attached hydrogen (secondary N) is 1. The van der Waals surface area contributed by atoms with Crippen molar-refractivity contribution in [2.24, 2.45) is 0 Å². The molecule has 1 heterocycles. The Morgan fingerprint density at radius 3 is 2.65 bits per heavy atom. The maximum absolute atomic E-state index is 12.0. The second-order valence-electron chi connectivity index (χ2n) is 5.11. The average molecular weight is 276 g/mol. The van der Waals surface area contributed by atoms with Crippen molar-refractivity contribution in [2.75, 3.05) is 26.2 Å². The van der Waals surface area contributed by atoms with Crippen LogP contribution in [-0.4, -0.2) is 43.1 Å². The molecule has 4 nitrogen and oxygen atoms in total.